The number of hydrogen-bond donors (Lipinski definition) is 1. The number of nitrogens with zero attached hydrogens (tertiary/aromatic N) is 1. The van der Waals surface area contributed by atoms with E-state index in [-0.39, 0.29) is 5.56 Å². The summed E-state index contributed by atoms with van der Waals surface area (Å²) in [4.78, 5) is 13.3. The molecule has 4 heteroatoms. The summed E-state index contributed by atoms with van der Waals surface area (Å²) in [6.07, 6.45) is 4.65. The molecule has 0 saturated heterocycles. The number of carboxylic acids is 1. The average Bonchev–Trinajstić information content (AvgIpc) is 3.17. The van der Waals surface area contributed by atoms with Crippen LogP contribution in [0.25, 0.3) is 0 Å². The molecule has 0 amide bonds. The van der Waals surface area contributed by atoms with Gasteiger partial charge in [-0.25, -0.2) is 9.18 Å². The molecule has 19 heavy (non-hydrogen) atoms. The Labute approximate surface area is 113 Å². The molecule has 1 aromatic rings. The lowest BCUT2D eigenvalue weighted by molar-refractivity contribution is 0.0696. The van der Waals surface area contributed by atoms with Crippen LogP contribution in [0.15, 0.2) is 18.2 Å². The van der Waals surface area contributed by atoms with E-state index in [1.54, 1.807) is 6.07 Å². The Morgan fingerprint density at radius 1 is 1.42 bits per heavy atom. The van der Waals surface area contributed by atoms with Crippen molar-refractivity contribution in [2.24, 2.45) is 0 Å². The van der Waals surface area contributed by atoms with Crippen LogP contribution in [-0.4, -0.2) is 28.6 Å². The van der Waals surface area contributed by atoms with Crippen LogP contribution in [0.5, 0.6) is 0 Å². The molecular formula is C15H20FNO2. The molecule has 1 N–H and O–H groups in total. The Morgan fingerprint density at radius 2 is 2.16 bits per heavy atom. The van der Waals surface area contributed by atoms with Crippen molar-refractivity contribution in [2.45, 2.75) is 45.2 Å². The molecule has 0 spiro atoms. The molecule has 1 aliphatic carbocycles. The minimum atomic E-state index is -1.08. The van der Waals surface area contributed by atoms with Gasteiger partial charge in [0.15, 0.2) is 0 Å². The van der Waals surface area contributed by atoms with E-state index in [0.717, 1.165) is 31.0 Å². The molecule has 1 fully saturated rings. The molecule has 3 nitrogen and oxygen atoms in total. The highest BCUT2D eigenvalue weighted by Crippen LogP contribution is 2.28. The minimum Gasteiger partial charge on any atom is -0.478 e. The third kappa shape index (κ3) is 4.03. The fourth-order valence-corrected chi connectivity index (χ4v) is 2.29. The predicted octanol–water partition coefficient (Wildman–Crippen LogP) is 3.29. The highest BCUT2D eigenvalue weighted by Gasteiger charge is 2.28. The first-order valence-corrected chi connectivity index (χ1v) is 6.87. The Bertz CT molecular complexity index is 457. The fraction of sp³-hybridized carbons (Fsp3) is 0.533. The molecule has 0 heterocycles. The molecule has 0 aliphatic heterocycles. The number of carbonyl (C=O) groups is 1. The zero-order chi connectivity index (χ0) is 13.8. The van der Waals surface area contributed by atoms with E-state index in [0.29, 0.717) is 12.6 Å². The van der Waals surface area contributed by atoms with E-state index in [9.17, 15) is 9.18 Å². The summed E-state index contributed by atoms with van der Waals surface area (Å²) < 4.78 is 13.4. The molecule has 0 unspecified atom stereocenters. The second-order valence-corrected chi connectivity index (χ2v) is 5.21. The van der Waals surface area contributed by atoms with Crippen LogP contribution in [0, 0.1) is 5.82 Å². The molecule has 0 aromatic heterocycles. The molecule has 0 atom stereocenters. The van der Waals surface area contributed by atoms with Crippen molar-refractivity contribution >= 4 is 5.97 Å². The predicted molar refractivity (Wildman–Crippen MR) is 71.7 cm³/mol. The van der Waals surface area contributed by atoms with Crippen LogP contribution < -0.4 is 0 Å². The Hall–Kier alpha value is -1.42. The number of halogens is 1. The first kappa shape index (κ1) is 14.0. The lowest BCUT2D eigenvalue weighted by Gasteiger charge is -2.22. The largest absolute Gasteiger partial charge is 0.478 e. The number of unbranched alkanes of at least 4 members (excludes halogenated alkanes) is 1. The van der Waals surface area contributed by atoms with Gasteiger partial charge in [0.25, 0.3) is 0 Å². The summed E-state index contributed by atoms with van der Waals surface area (Å²) in [5.74, 6) is -1.55. The zero-order valence-electron chi connectivity index (χ0n) is 11.2. The maximum atomic E-state index is 13.4. The number of aromatic carboxylic acids is 1. The van der Waals surface area contributed by atoms with Crippen molar-refractivity contribution in [1.82, 2.24) is 4.90 Å². The second-order valence-electron chi connectivity index (χ2n) is 5.21. The molecular weight excluding hydrogens is 245 g/mol. The van der Waals surface area contributed by atoms with Gasteiger partial charge in [0.1, 0.15) is 5.82 Å². The van der Waals surface area contributed by atoms with Gasteiger partial charge < -0.3 is 5.11 Å². The normalized spacial score (nSPS) is 14.9. The monoisotopic (exact) mass is 265 g/mol. The maximum Gasteiger partial charge on any atom is 0.335 e. The van der Waals surface area contributed by atoms with Crippen molar-refractivity contribution in [1.29, 1.82) is 0 Å². The third-order valence-electron chi connectivity index (χ3n) is 3.45. The van der Waals surface area contributed by atoms with Gasteiger partial charge in [0.2, 0.25) is 0 Å². The van der Waals surface area contributed by atoms with Crippen LogP contribution in [-0.2, 0) is 6.54 Å². The minimum absolute atomic E-state index is 0.0289. The van der Waals surface area contributed by atoms with Crippen molar-refractivity contribution < 1.29 is 14.3 Å². The second kappa shape index (κ2) is 6.15. The lowest BCUT2D eigenvalue weighted by Crippen LogP contribution is -2.26. The van der Waals surface area contributed by atoms with Crippen LogP contribution in [0.4, 0.5) is 4.39 Å². The fourth-order valence-electron chi connectivity index (χ4n) is 2.29. The van der Waals surface area contributed by atoms with Crippen molar-refractivity contribution in [3.8, 4) is 0 Å². The van der Waals surface area contributed by atoms with Gasteiger partial charge in [-0.05, 0) is 49.6 Å². The molecule has 1 saturated carbocycles. The van der Waals surface area contributed by atoms with Gasteiger partial charge >= 0.3 is 5.97 Å². The summed E-state index contributed by atoms with van der Waals surface area (Å²) in [6.45, 7) is 3.79. The van der Waals surface area contributed by atoms with Crippen LogP contribution in [0.2, 0.25) is 0 Å². The van der Waals surface area contributed by atoms with E-state index in [4.69, 9.17) is 5.11 Å². The lowest BCUT2D eigenvalue weighted by atomic mass is 10.1. The summed E-state index contributed by atoms with van der Waals surface area (Å²) in [7, 11) is 0. The van der Waals surface area contributed by atoms with Gasteiger partial charge in [-0.3, -0.25) is 4.90 Å². The molecule has 0 bridgehead atoms. The maximum absolute atomic E-state index is 13.4. The first-order chi connectivity index (χ1) is 9.10. The van der Waals surface area contributed by atoms with Crippen molar-refractivity contribution in [3.63, 3.8) is 0 Å². The van der Waals surface area contributed by atoms with E-state index >= 15 is 0 Å². The van der Waals surface area contributed by atoms with Crippen LogP contribution in [0.1, 0.15) is 48.5 Å². The number of benzene rings is 1. The topological polar surface area (TPSA) is 40.5 Å². The highest BCUT2D eigenvalue weighted by atomic mass is 19.1. The van der Waals surface area contributed by atoms with E-state index < -0.39 is 11.8 Å². The number of carboxylic acid groups (broad SMARTS) is 1. The van der Waals surface area contributed by atoms with Crippen molar-refractivity contribution in [2.75, 3.05) is 6.54 Å². The highest BCUT2D eigenvalue weighted by molar-refractivity contribution is 5.87. The van der Waals surface area contributed by atoms with E-state index in [2.05, 4.69) is 11.8 Å². The summed E-state index contributed by atoms with van der Waals surface area (Å²) in [5, 5.41) is 8.95. The van der Waals surface area contributed by atoms with E-state index in [1.807, 2.05) is 0 Å². The summed E-state index contributed by atoms with van der Waals surface area (Å²) in [5.41, 5.74) is 0.779. The van der Waals surface area contributed by atoms with Crippen LogP contribution in [0.3, 0.4) is 0 Å². The van der Waals surface area contributed by atoms with Gasteiger partial charge in [-0.15, -0.1) is 0 Å². The Balaban J connectivity index is 2.09. The average molecular weight is 265 g/mol. The zero-order valence-corrected chi connectivity index (χ0v) is 11.2. The SMILES string of the molecule is CCCCN(Cc1cc(F)cc(C(=O)O)c1)C1CC1. The van der Waals surface area contributed by atoms with Crippen LogP contribution >= 0.6 is 0 Å². The Kier molecular flexibility index (Phi) is 4.53. The first-order valence-electron chi connectivity index (χ1n) is 6.87. The quantitative estimate of drug-likeness (QED) is 0.822. The molecule has 2 rings (SSSR count). The third-order valence-corrected chi connectivity index (χ3v) is 3.45. The van der Waals surface area contributed by atoms with E-state index in [1.165, 1.54) is 18.9 Å². The Morgan fingerprint density at radius 3 is 2.74 bits per heavy atom. The number of rotatable bonds is 7. The van der Waals surface area contributed by atoms with Gasteiger partial charge in [-0.1, -0.05) is 13.3 Å². The summed E-state index contributed by atoms with van der Waals surface area (Å²) in [6, 6.07) is 4.68. The number of hydrogen-bond acceptors (Lipinski definition) is 2. The molecule has 104 valence electrons. The molecule has 1 aromatic carbocycles. The molecule has 1 aliphatic rings. The summed E-state index contributed by atoms with van der Waals surface area (Å²) >= 11 is 0. The van der Waals surface area contributed by atoms with Crippen molar-refractivity contribution in [3.05, 3.63) is 35.1 Å². The van der Waals surface area contributed by atoms with Gasteiger partial charge in [0, 0.05) is 12.6 Å². The molecule has 0 radical (unpaired) electrons. The smallest absolute Gasteiger partial charge is 0.335 e. The van der Waals surface area contributed by atoms with Gasteiger partial charge in [-0.2, -0.15) is 0 Å². The standard InChI is InChI=1S/C15H20FNO2/c1-2-3-6-17(14-4-5-14)10-11-7-12(15(18)19)9-13(16)8-11/h7-9,14H,2-6,10H2,1H3,(H,18,19). The van der Waals surface area contributed by atoms with Gasteiger partial charge in [0.05, 0.1) is 5.56 Å².